The van der Waals surface area contributed by atoms with E-state index in [1.54, 1.807) is 0 Å². The lowest BCUT2D eigenvalue weighted by Crippen LogP contribution is -2.30. The Bertz CT molecular complexity index is 1210. The van der Waals surface area contributed by atoms with E-state index in [-0.39, 0.29) is 31.1 Å². The van der Waals surface area contributed by atoms with Crippen LogP contribution in [0.1, 0.15) is 412 Å². The standard InChI is InChI=1S/C72H138O6/c1-4-7-10-13-16-19-22-25-28-31-32-33-34-35-36-37-38-39-40-41-42-45-47-50-53-56-59-62-65-71(74)77-68-69(78-72(75)66-63-60-57-54-51-48-44-30-27-24-21-18-15-12-9-6-3)67-76-70(73)64-61-58-55-52-49-46-43-29-26-23-20-17-14-11-8-5-2/h30,44,69H,4-29,31-43,45-68H2,1-3H3/b44-30-. The maximum absolute atomic E-state index is 12.9. The van der Waals surface area contributed by atoms with Crippen molar-refractivity contribution >= 4 is 17.9 Å². The minimum Gasteiger partial charge on any atom is -0.462 e. The maximum Gasteiger partial charge on any atom is 0.306 e. The van der Waals surface area contributed by atoms with E-state index in [0.29, 0.717) is 19.3 Å². The minimum absolute atomic E-state index is 0.0666. The van der Waals surface area contributed by atoms with Crippen LogP contribution in [0.4, 0.5) is 0 Å². The van der Waals surface area contributed by atoms with Gasteiger partial charge in [0.1, 0.15) is 13.2 Å². The van der Waals surface area contributed by atoms with E-state index in [1.807, 2.05) is 0 Å². The number of allylic oxidation sites excluding steroid dienone is 2. The summed E-state index contributed by atoms with van der Waals surface area (Å²) in [4.78, 5) is 38.4. The molecule has 1 atom stereocenters. The van der Waals surface area contributed by atoms with Crippen molar-refractivity contribution in [2.24, 2.45) is 0 Å². The SMILES string of the molecule is CCCCCCCCC/C=C\CCCCCCCC(=O)OC(COC(=O)CCCCCCCCCCCCCCCCCC)COC(=O)CCCCCCCCCCCCCCCCCCCCCCCCCCCCCC. The first-order valence-corrected chi connectivity index (χ1v) is 35.7. The van der Waals surface area contributed by atoms with Gasteiger partial charge in [0.05, 0.1) is 0 Å². The van der Waals surface area contributed by atoms with Crippen molar-refractivity contribution in [2.75, 3.05) is 13.2 Å². The summed E-state index contributed by atoms with van der Waals surface area (Å²) in [5.41, 5.74) is 0. The van der Waals surface area contributed by atoms with E-state index in [4.69, 9.17) is 14.2 Å². The molecule has 0 aliphatic heterocycles. The van der Waals surface area contributed by atoms with Gasteiger partial charge in [0.15, 0.2) is 6.10 Å². The molecule has 0 rings (SSSR count). The van der Waals surface area contributed by atoms with Gasteiger partial charge >= 0.3 is 17.9 Å². The number of rotatable bonds is 67. The predicted molar refractivity (Wildman–Crippen MR) is 340 cm³/mol. The largest absolute Gasteiger partial charge is 0.462 e. The highest BCUT2D eigenvalue weighted by Crippen LogP contribution is 2.19. The van der Waals surface area contributed by atoms with Gasteiger partial charge in [-0.05, 0) is 44.9 Å². The number of ether oxygens (including phenoxy) is 3. The van der Waals surface area contributed by atoms with Gasteiger partial charge in [-0.1, -0.05) is 360 Å². The Morgan fingerprint density at radius 2 is 0.423 bits per heavy atom. The van der Waals surface area contributed by atoms with E-state index in [1.165, 1.54) is 308 Å². The molecule has 0 fully saturated rings. The van der Waals surface area contributed by atoms with Gasteiger partial charge in [0.25, 0.3) is 0 Å². The fourth-order valence-electron chi connectivity index (χ4n) is 11.2. The normalized spacial score (nSPS) is 12.0. The van der Waals surface area contributed by atoms with E-state index >= 15 is 0 Å². The zero-order chi connectivity index (χ0) is 56.4. The third kappa shape index (κ3) is 65.0. The van der Waals surface area contributed by atoms with Crippen LogP contribution >= 0.6 is 0 Å². The topological polar surface area (TPSA) is 78.9 Å². The first kappa shape index (κ1) is 76.1. The second-order valence-corrected chi connectivity index (χ2v) is 24.5. The van der Waals surface area contributed by atoms with E-state index in [0.717, 1.165) is 64.2 Å². The molecular formula is C72H138O6. The molecule has 0 radical (unpaired) electrons. The van der Waals surface area contributed by atoms with Crippen LogP contribution in [0.2, 0.25) is 0 Å². The third-order valence-corrected chi connectivity index (χ3v) is 16.5. The Kier molecular flexibility index (Phi) is 66.0. The van der Waals surface area contributed by atoms with Crippen LogP contribution in [0.3, 0.4) is 0 Å². The molecule has 0 saturated carbocycles. The van der Waals surface area contributed by atoms with Crippen molar-refractivity contribution in [3.05, 3.63) is 12.2 Å². The highest BCUT2D eigenvalue weighted by Gasteiger charge is 2.19. The van der Waals surface area contributed by atoms with Gasteiger partial charge in [0.2, 0.25) is 0 Å². The molecule has 0 aromatic rings. The Labute approximate surface area is 488 Å². The molecule has 0 bridgehead atoms. The van der Waals surface area contributed by atoms with Gasteiger partial charge < -0.3 is 14.2 Å². The van der Waals surface area contributed by atoms with Crippen LogP contribution in [-0.2, 0) is 28.6 Å². The van der Waals surface area contributed by atoms with E-state index in [9.17, 15) is 14.4 Å². The minimum atomic E-state index is -0.771. The van der Waals surface area contributed by atoms with Gasteiger partial charge in [0, 0.05) is 19.3 Å². The lowest BCUT2D eigenvalue weighted by Gasteiger charge is -2.18. The van der Waals surface area contributed by atoms with E-state index in [2.05, 4.69) is 32.9 Å². The average Bonchev–Trinajstić information content (AvgIpc) is 3.44. The molecule has 462 valence electrons. The van der Waals surface area contributed by atoms with Gasteiger partial charge in [-0.25, -0.2) is 0 Å². The number of esters is 3. The lowest BCUT2D eigenvalue weighted by atomic mass is 10.0. The number of hydrogen-bond acceptors (Lipinski definition) is 6. The number of hydrogen-bond donors (Lipinski definition) is 0. The third-order valence-electron chi connectivity index (χ3n) is 16.5. The molecule has 6 nitrogen and oxygen atoms in total. The quantitative estimate of drug-likeness (QED) is 0.0261. The van der Waals surface area contributed by atoms with Crippen molar-refractivity contribution in [3.63, 3.8) is 0 Å². The zero-order valence-electron chi connectivity index (χ0n) is 53.2. The second kappa shape index (κ2) is 67.7. The maximum atomic E-state index is 12.9. The molecule has 6 heteroatoms. The fraction of sp³-hybridized carbons (Fsp3) is 0.931. The van der Waals surface area contributed by atoms with Gasteiger partial charge in [-0.3, -0.25) is 14.4 Å². The Morgan fingerprint density at radius 1 is 0.244 bits per heavy atom. The summed E-state index contributed by atoms with van der Waals surface area (Å²) < 4.78 is 17.0. The molecule has 0 aromatic heterocycles. The molecule has 0 heterocycles. The summed E-state index contributed by atoms with van der Waals surface area (Å²) in [5, 5.41) is 0. The number of carbonyl (C=O) groups is 3. The predicted octanol–water partition coefficient (Wildman–Crippen LogP) is 24.4. The highest BCUT2D eigenvalue weighted by atomic mass is 16.6. The molecular weight excluding hydrogens is 961 g/mol. The van der Waals surface area contributed by atoms with Crippen molar-refractivity contribution in [1.82, 2.24) is 0 Å². The summed E-state index contributed by atoms with van der Waals surface area (Å²) >= 11 is 0. The van der Waals surface area contributed by atoms with Crippen molar-refractivity contribution < 1.29 is 28.6 Å². The summed E-state index contributed by atoms with van der Waals surface area (Å²) in [6.45, 7) is 6.72. The second-order valence-electron chi connectivity index (χ2n) is 24.5. The Balaban J connectivity index is 4.18. The van der Waals surface area contributed by atoms with Gasteiger partial charge in [-0.2, -0.15) is 0 Å². The van der Waals surface area contributed by atoms with Gasteiger partial charge in [-0.15, -0.1) is 0 Å². The summed E-state index contributed by atoms with van der Waals surface area (Å²) in [5.74, 6) is -0.840. The number of unbranched alkanes of at least 4 members (excludes halogenated alkanes) is 54. The highest BCUT2D eigenvalue weighted by molar-refractivity contribution is 5.71. The molecule has 0 spiro atoms. The average molecular weight is 1100 g/mol. The van der Waals surface area contributed by atoms with Crippen LogP contribution in [-0.4, -0.2) is 37.2 Å². The Hall–Kier alpha value is -1.85. The van der Waals surface area contributed by atoms with Crippen LogP contribution in [0.25, 0.3) is 0 Å². The summed E-state index contributed by atoms with van der Waals surface area (Å²) in [7, 11) is 0. The molecule has 0 amide bonds. The monoisotopic (exact) mass is 1100 g/mol. The molecule has 78 heavy (non-hydrogen) atoms. The first-order chi connectivity index (χ1) is 38.5. The van der Waals surface area contributed by atoms with Crippen molar-refractivity contribution in [2.45, 2.75) is 419 Å². The van der Waals surface area contributed by atoms with Crippen LogP contribution < -0.4 is 0 Å². The molecule has 1 unspecified atom stereocenters. The summed E-state index contributed by atoms with van der Waals surface area (Å²) in [6, 6.07) is 0. The number of carbonyl (C=O) groups excluding carboxylic acids is 3. The molecule has 0 aliphatic rings. The van der Waals surface area contributed by atoms with Crippen molar-refractivity contribution in [1.29, 1.82) is 0 Å². The molecule has 0 saturated heterocycles. The smallest absolute Gasteiger partial charge is 0.306 e. The van der Waals surface area contributed by atoms with Crippen molar-refractivity contribution in [3.8, 4) is 0 Å². The zero-order valence-corrected chi connectivity index (χ0v) is 53.2. The van der Waals surface area contributed by atoms with Crippen LogP contribution in [0.15, 0.2) is 12.2 Å². The lowest BCUT2D eigenvalue weighted by molar-refractivity contribution is -0.167. The first-order valence-electron chi connectivity index (χ1n) is 35.7. The van der Waals surface area contributed by atoms with Crippen LogP contribution in [0, 0.1) is 0 Å². The molecule has 0 aliphatic carbocycles. The fourth-order valence-corrected chi connectivity index (χ4v) is 11.2. The summed E-state index contributed by atoms with van der Waals surface area (Å²) in [6.07, 6.45) is 81.1. The molecule has 0 aromatic carbocycles. The van der Waals surface area contributed by atoms with E-state index < -0.39 is 6.10 Å². The molecule has 0 N–H and O–H groups in total. The van der Waals surface area contributed by atoms with Crippen LogP contribution in [0.5, 0.6) is 0 Å². The Morgan fingerprint density at radius 3 is 0.641 bits per heavy atom.